The molecule has 4 rings (SSSR count). The number of nitrogens with zero attached hydrogens (tertiary/aromatic N) is 2. The molecule has 0 radical (unpaired) electrons. The number of halogens is 3. The van der Waals surface area contributed by atoms with Gasteiger partial charge < -0.3 is 5.32 Å². The Morgan fingerprint density at radius 1 is 0.968 bits per heavy atom. The second-order valence-electron chi connectivity index (χ2n) is 7.07. The molecule has 156 valence electrons. The number of benzene rings is 3. The normalized spacial score (nSPS) is 11.9. The van der Waals surface area contributed by atoms with Gasteiger partial charge in [0.25, 0.3) is 5.91 Å². The Kier molecular flexibility index (Phi) is 5.95. The van der Waals surface area contributed by atoms with Gasteiger partial charge in [0.15, 0.2) is 11.6 Å². The summed E-state index contributed by atoms with van der Waals surface area (Å²) in [6.45, 7) is 1.92. The summed E-state index contributed by atoms with van der Waals surface area (Å²) in [5, 5.41) is 2.98. The van der Waals surface area contributed by atoms with Crippen LogP contribution in [0.3, 0.4) is 0 Å². The Labute approximate surface area is 186 Å². The Hall–Kier alpha value is -3.32. The van der Waals surface area contributed by atoms with Crippen LogP contribution in [0.25, 0.3) is 16.8 Å². The zero-order chi connectivity index (χ0) is 22.0. The first-order valence-electron chi connectivity index (χ1n) is 9.57. The maximum atomic E-state index is 13.5. The first-order chi connectivity index (χ1) is 14.9. The molecule has 0 aliphatic carbocycles. The van der Waals surface area contributed by atoms with Crippen molar-refractivity contribution in [2.45, 2.75) is 13.0 Å². The van der Waals surface area contributed by atoms with Crippen molar-refractivity contribution < 1.29 is 13.6 Å². The van der Waals surface area contributed by atoms with Crippen LogP contribution in [0.4, 0.5) is 8.78 Å². The van der Waals surface area contributed by atoms with Crippen LogP contribution in [0, 0.1) is 11.6 Å². The van der Waals surface area contributed by atoms with Gasteiger partial charge in [-0.15, -0.1) is 0 Å². The van der Waals surface area contributed by atoms with E-state index in [4.69, 9.17) is 0 Å². The average molecular weight is 482 g/mol. The molecule has 0 bridgehead atoms. The third-order valence-electron chi connectivity index (χ3n) is 4.99. The Morgan fingerprint density at radius 3 is 2.32 bits per heavy atom. The molecule has 0 saturated heterocycles. The fourth-order valence-electron chi connectivity index (χ4n) is 3.26. The molecule has 1 aromatic heterocycles. The molecular formula is C24H18BrF2N3O. The molecule has 1 atom stereocenters. The molecule has 0 aliphatic heterocycles. The van der Waals surface area contributed by atoms with Gasteiger partial charge >= 0.3 is 0 Å². The van der Waals surface area contributed by atoms with E-state index >= 15 is 0 Å². The van der Waals surface area contributed by atoms with Gasteiger partial charge in [0, 0.05) is 10.2 Å². The highest BCUT2D eigenvalue weighted by molar-refractivity contribution is 9.10. The van der Waals surface area contributed by atoms with Gasteiger partial charge in [-0.1, -0.05) is 46.3 Å². The van der Waals surface area contributed by atoms with Gasteiger partial charge in [-0.05, 0) is 60.0 Å². The first-order valence-corrected chi connectivity index (χ1v) is 10.4. The molecule has 31 heavy (non-hydrogen) atoms. The summed E-state index contributed by atoms with van der Waals surface area (Å²) in [5.74, 6) is -2.03. The van der Waals surface area contributed by atoms with Crippen molar-refractivity contribution in [2.75, 3.05) is 0 Å². The third kappa shape index (κ3) is 4.56. The number of rotatable bonds is 5. The summed E-state index contributed by atoms with van der Waals surface area (Å²) >= 11 is 3.40. The van der Waals surface area contributed by atoms with E-state index in [2.05, 4.69) is 26.2 Å². The van der Waals surface area contributed by atoms with Gasteiger partial charge in [-0.25, -0.2) is 13.8 Å². The molecule has 3 aromatic carbocycles. The van der Waals surface area contributed by atoms with Gasteiger partial charge in [-0.2, -0.15) is 0 Å². The van der Waals surface area contributed by atoms with Crippen LogP contribution in [0.2, 0.25) is 0 Å². The van der Waals surface area contributed by atoms with Crippen molar-refractivity contribution >= 4 is 21.8 Å². The van der Waals surface area contributed by atoms with Crippen LogP contribution < -0.4 is 5.32 Å². The van der Waals surface area contributed by atoms with Crippen LogP contribution >= 0.6 is 15.9 Å². The summed E-state index contributed by atoms with van der Waals surface area (Å²) in [5.41, 5.74) is 3.41. The number of carbonyl (C=O) groups excluding carboxylic acids is 1. The van der Waals surface area contributed by atoms with Gasteiger partial charge in [0.1, 0.15) is 5.69 Å². The molecule has 7 heteroatoms. The second-order valence-corrected chi connectivity index (χ2v) is 7.99. The molecule has 0 spiro atoms. The van der Waals surface area contributed by atoms with Crippen LogP contribution in [0.5, 0.6) is 0 Å². The number of nitrogens with one attached hydrogen (secondary N) is 1. The van der Waals surface area contributed by atoms with Gasteiger partial charge in [0.2, 0.25) is 0 Å². The standard InChI is InChI=1S/C24H18BrF2N3O/c1-15(16-2-7-19(25)8-3-16)29-24(31)23-13-28-14-30(23)20-9-4-17(5-10-20)18-6-11-21(26)22(27)12-18/h2-15H,1H3,(H,29,31)/t15-/m1/s1. The zero-order valence-corrected chi connectivity index (χ0v) is 18.1. The maximum absolute atomic E-state index is 13.5. The fraction of sp³-hybridized carbons (Fsp3) is 0.0833. The summed E-state index contributed by atoms with van der Waals surface area (Å²) in [7, 11) is 0. The van der Waals surface area contributed by atoms with Crippen molar-refractivity contribution in [3.63, 3.8) is 0 Å². The summed E-state index contributed by atoms with van der Waals surface area (Å²) < 4.78 is 29.3. The van der Waals surface area contributed by atoms with Crippen LogP contribution in [-0.4, -0.2) is 15.5 Å². The van der Waals surface area contributed by atoms with Crippen LogP contribution in [0.1, 0.15) is 29.0 Å². The molecule has 1 heterocycles. The van der Waals surface area contributed by atoms with Crippen molar-refractivity contribution in [3.8, 4) is 16.8 Å². The minimum absolute atomic E-state index is 0.181. The largest absolute Gasteiger partial charge is 0.344 e. The molecule has 0 saturated carbocycles. The van der Waals surface area contributed by atoms with Crippen molar-refractivity contribution in [3.05, 3.63) is 107 Å². The average Bonchev–Trinajstić information content (AvgIpc) is 3.26. The lowest BCUT2D eigenvalue weighted by atomic mass is 10.1. The van der Waals surface area contributed by atoms with E-state index < -0.39 is 11.6 Å². The smallest absolute Gasteiger partial charge is 0.270 e. The summed E-state index contributed by atoms with van der Waals surface area (Å²) in [6, 6.07) is 18.5. The molecule has 4 nitrogen and oxygen atoms in total. The fourth-order valence-corrected chi connectivity index (χ4v) is 3.53. The minimum Gasteiger partial charge on any atom is -0.344 e. The number of carbonyl (C=O) groups is 1. The molecular weight excluding hydrogens is 464 g/mol. The van der Waals surface area contributed by atoms with E-state index in [-0.39, 0.29) is 11.9 Å². The molecule has 0 unspecified atom stereocenters. The van der Waals surface area contributed by atoms with Crippen molar-refractivity contribution in [2.24, 2.45) is 0 Å². The van der Waals surface area contributed by atoms with E-state index in [0.29, 0.717) is 11.3 Å². The lowest BCUT2D eigenvalue weighted by molar-refractivity contribution is 0.0933. The monoisotopic (exact) mass is 481 g/mol. The molecule has 0 aliphatic rings. The number of imidazole rings is 1. The summed E-state index contributed by atoms with van der Waals surface area (Å²) in [4.78, 5) is 17.0. The van der Waals surface area contributed by atoms with Gasteiger partial charge in [-0.3, -0.25) is 9.36 Å². The first kappa shape index (κ1) is 20.9. The Morgan fingerprint density at radius 2 is 1.65 bits per heavy atom. The van der Waals surface area contributed by atoms with Crippen molar-refractivity contribution in [1.82, 2.24) is 14.9 Å². The zero-order valence-electron chi connectivity index (χ0n) is 16.5. The minimum atomic E-state index is -0.893. The molecule has 0 fully saturated rings. The lowest BCUT2D eigenvalue weighted by Crippen LogP contribution is -2.28. The second kappa shape index (κ2) is 8.81. The highest BCUT2D eigenvalue weighted by atomic mass is 79.9. The molecule has 1 amide bonds. The highest BCUT2D eigenvalue weighted by Gasteiger charge is 2.16. The Balaban J connectivity index is 1.54. The van der Waals surface area contributed by atoms with Gasteiger partial charge in [0.05, 0.1) is 18.6 Å². The highest BCUT2D eigenvalue weighted by Crippen LogP contribution is 2.24. The predicted octanol–water partition coefficient (Wildman–Crippen LogP) is 6.07. The SMILES string of the molecule is C[C@@H](NC(=O)c1cncn1-c1ccc(-c2ccc(F)c(F)c2)cc1)c1ccc(Br)cc1. The van der Waals surface area contributed by atoms with Crippen molar-refractivity contribution in [1.29, 1.82) is 0 Å². The van der Waals surface area contributed by atoms with E-state index in [9.17, 15) is 13.6 Å². The maximum Gasteiger partial charge on any atom is 0.270 e. The number of hydrogen-bond acceptors (Lipinski definition) is 2. The summed E-state index contributed by atoms with van der Waals surface area (Å²) in [6.07, 6.45) is 3.07. The predicted molar refractivity (Wildman–Crippen MR) is 119 cm³/mol. The van der Waals surface area contributed by atoms with E-state index in [0.717, 1.165) is 33.4 Å². The van der Waals surface area contributed by atoms with E-state index in [1.54, 1.807) is 35.2 Å². The van der Waals surface area contributed by atoms with Crippen LogP contribution in [0.15, 0.2) is 83.7 Å². The van der Waals surface area contributed by atoms with Crippen LogP contribution in [-0.2, 0) is 0 Å². The number of aromatic nitrogens is 2. The molecule has 1 N–H and O–H groups in total. The van der Waals surface area contributed by atoms with E-state index in [1.165, 1.54) is 12.3 Å². The van der Waals surface area contributed by atoms with E-state index in [1.807, 2.05) is 31.2 Å². The third-order valence-corrected chi connectivity index (χ3v) is 5.52. The lowest BCUT2D eigenvalue weighted by Gasteiger charge is -2.15. The number of hydrogen-bond donors (Lipinski definition) is 1. The Bertz CT molecular complexity index is 1220. The number of amides is 1. The molecule has 4 aromatic rings. The quantitative estimate of drug-likeness (QED) is 0.375. The topological polar surface area (TPSA) is 46.9 Å².